The zero-order valence-electron chi connectivity index (χ0n) is 12.0. The molecule has 0 radical (unpaired) electrons. The Morgan fingerprint density at radius 2 is 2.05 bits per heavy atom. The minimum Gasteiger partial charge on any atom is -0.496 e. The van der Waals surface area contributed by atoms with Crippen LogP contribution in [0.25, 0.3) is 0 Å². The molecule has 3 heteroatoms. The van der Waals surface area contributed by atoms with E-state index in [-0.39, 0.29) is 0 Å². The molecule has 1 aromatic rings. The van der Waals surface area contributed by atoms with Gasteiger partial charge in [-0.3, -0.25) is 4.90 Å². The normalized spacial score (nSPS) is 27.3. The fourth-order valence-corrected chi connectivity index (χ4v) is 3.81. The number of rotatable bonds is 3. The average molecular weight is 260 g/mol. The molecular weight excluding hydrogens is 236 g/mol. The van der Waals surface area contributed by atoms with Gasteiger partial charge in [-0.2, -0.15) is 0 Å². The van der Waals surface area contributed by atoms with Crippen LogP contribution >= 0.6 is 0 Å². The van der Waals surface area contributed by atoms with Gasteiger partial charge >= 0.3 is 0 Å². The van der Waals surface area contributed by atoms with Gasteiger partial charge in [-0.25, -0.2) is 0 Å². The molecule has 1 aliphatic heterocycles. The van der Waals surface area contributed by atoms with E-state index in [0.29, 0.717) is 12.1 Å². The number of ether oxygens (including phenoxy) is 1. The van der Waals surface area contributed by atoms with Crippen LogP contribution < -0.4 is 10.1 Å². The second kappa shape index (κ2) is 5.51. The molecule has 1 fully saturated rings. The number of likely N-dealkylation sites (tertiary alicyclic amines) is 1. The second-order valence-electron chi connectivity index (χ2n) is 5.64. The standard InChI is InChI=1S/C16H24N2O/c1-17-16-13-6-5-7-15(19-2)12(13)8-9-14(16)18-10-3-4-11-18/h5-7,14,16-17H,3-4,8-11H2,1-2H3/t14-,16-/m1/s1. The molecule has 0 amide bonds. The molecular formula is C16H24N2O. The lowest BCUT2D eigenvalue weighted by Gasteiger charge is -2.39. The summed E-state index contributed by atoms with van der Waals surface area (Å²) in [5.74, 6) is 1.05. The smallest absolute Gasteiger partial charge is 0.122 e. The van der Waals surface area contributed by atoms with E-state index >= 15 is 0 Å². The number of methoxy groups -OCH3 is 1. The Morgan fingerprint density at radius 3 is 2.74 bits per heavy atom. The second-order valence-corrected chi connectivity index (χ2v) is 5.64. The topological polar surface area (TPSA) is 24.5 Å². The summed E-state index contributed by atoms with van der Waals surface area (Å²) in [7, 11) is 3.86. The highest BCUT2D eigenvalue weighted by molar-refractivity contribution is 5.44. The van der Waals surface area contributed by atoms with E-state index in [0.717, 1.165) is 12.2 Å². The van der Waals surface area contributed by atoms with Gasteiger partial charge in [0.1, 0.15) is 5.75 Å². The molecule has 19 heavy (non-hydrogen) atoms. The molecule has 104 valence electrons. The van der Waals surface area contributed by atoms with E-state index in [4.69, 9.17) is 4.74 Å². The third-order valence-electron chi connectivity index (χ3n) is 4.72. The highest BCUT2D eigenvalue weighted by Gasteiger charge is 2.34. The Hall–Kier alpha value is -1.06. The summed E-state index contributed by atoms with van der Waals surface area (Å²) >= 11 is 0. The molecule has 0 unspecified atom stereocenters. The molecule has 2 aliphatic rings. The first-order valence-corrected chi connectivity index (χ1v) is 7.42. The van der Waals surface area contributed by atoms with Crippen molar-refractivity contribution < 1.29 is 4.74 Å². The summed E-state index contributed by atoms with van der Waals surface area (Å²) in [5.41, 5.74) is 2.84. The van der Waals surface area contributed by atoms with Crippen molar-refractivity contribution in [2.24, 2.45) is 0 Å². The quantitative estimate of drug-likeness (QED) is 0.903. The molecule has 2 atom stereocenters. The van der Waals surface area contributed by atoms with Gasteiger partial charge in [0.05, 0.1) is 7.11 Å². The van der Waals surface area contributed by atoms with Crippen molar-refractivity contribution >= 4 is 0 Å². The zero-order valence-corrected chi connectivity index (χ0v) is 12.0. The molecule has 1 aromatic carbocycles. The average Bonchev–Trinajstić information content (AvgIpc) is 2.99. The summed E-state index contributed by atoms with van der Waals surface area (Å²) in [6.07, 6.45) is 5.09. The lowest BCUT2D eigenvalue weighted by molar-refractivity contribution is 0.175. The maximum absolute atomic E-state index is 5.52. The van der Waals surface area contributed by atoms with E-state index in [9.17, 15) is 0 Å². The minimum absolute atomic E-state index is 0.442. The number of likely N-dealkylation sites (N-methyl/N-ethyl adjacent to an activating group) is 1. The van der Waals surface area contributed by atoms with Crippen LogP contribution in [0, 0.1) is 0 Å². The summed E-state index contributed by atoms with van der Waals surface area (Å²) < 4.78 is 5.52. The van der Waals surface area contributed by atoms with Crippen LogP contribution in [0.5, 0.6) is 5.75 Å². The van der Waals surface area contributed by atoms with E-state index in [1.807, 2.05) is 0 Å². The molecule has 0 saturated carbocycles. The van der Waals surface area contributed by atoms with Gasteiger partial charge in [0.2, 0.25) is 0 Å². The fourth-order valence-electron chi connectivity index (χ4n) is 3.81. The van der Waals surface area contributed by atoms with Gasteiger partial charge in [-0.15, -0.1) is 0 Å². The van der Waals surface area contributed by atoms with Crippen molar-refractivity contribution in [1.82, 2.24) is 10.2 Å². The third-order valence-corrected chi connectivity index (χ3v) is 4.72. The van der Waals surface area contributed by atoms with Gasteiger partial charge in [0.25, 0.3) is 0 Å². The lowest BCUT2D eigenvalue weighted by atomic mass is 9.83. The lowest BCUT2D eigenvalue weighted by Crippen LogP contribution is -2.45. The minimum atomic E-state index is 0.442. The van der Waals surface area contributed by atoms with Crippen molar-refractivity contribution in [2.45, 2.75) is 37.8 Å². The first kappa shape index (κ1) is 12.9. The number of benzene rings is 1. The molecule has 0 bridgehead atoms. The van der Waals surface area contributed by atoms with Gasteiger partial charge in [0.15, 0.2) is 0 Å². The van der Waals surface area contributed by atoms with Crippen molar-refractivity contribution in [2.75, 3.05) is 27.2 Å². The summed E-state index contributed by atoms with van der Waals surface area (Å²) in [4.78, 5) is 2.67. The van der Waals surface area contributed by atoms with E-state index in [2.05, 4.69) is 35.5 Å². The monoisotopic (exact) mass is 260 g/mol. The Kier molecular flexibility index (Phi) is 3.76. The third kappa shape index (κ3) is 2.26. The first-order chi connectivity index (χ1) is 9.35. The first-order valence-electron chi connectivity index (χ1n) is 7.42. The molecule has 1 N–H and O–H groups in total. The Bertz CT molecular complexity index is 440. The van der Waals surface area contributed by atoms with Crippen molar-refractivity contribution in [3.63, 3.8) is 0 Å². The molecule has 3 rings (SSSR count). The van der Waals surface area contributed by atoms with Gasteiger partial charge in [-0.05, 0) is 63.0 Å². The van der Waals surface area contributed by atoms with Crippen molar-refractivity contribution in [3.8, 4) is 5.75 Å². The van der Waals surface area contributed by atoms with Gasteiger partial charge in [-0.1, -0.05) is 12.1 Å². The number of nitrogens with one attached hydrogen (secondary N) is 1. The van der Waals surface area contributed by atoms with Crippen molar-refractivity contribution in [3.05, 3.63) is 29.3 Å². The van der Waals surface area contributed by atoms with Crippen LogP contribution in [-0.2, 0) is 6.42 Å². The summed E-state index contributed by atoms with van der Waals surface area (Å²) in [6.45, 7) is 2.53. The fraction of sp³-hybridized carbons (Fsp3) is 0.625. The van der Waals surface area contributed by atoms with Crippen LogP contribution in [-0.4, -0.2) is 38.2 Å². The SMILES string of the molecule is CN[C@@H]1c2cccc(OC)c2CC[C@H]1N1CCCC1. The molecule has 0 aromatic heterocycles. The van der Waals surface area contributed by atoms with E-state index in [1.165, 1.54) is 43.5 Å². The zero-order chi connectivity index (χ0) is 13.2. The van der Waals surface area contributed by atoms with Crippen LogP contribution in [0.4, 0.5) is 0 Å². The molecule has 1 heterocycles. The van der Waals surface area contributed by atoms with Crippen LogP contribution in [0.3, 0.4) is 0 Å². The van der Waals surface area contributed by atoms with Crippen LogP contribution in [0.1, 0.15) is 36.4 Å². The van der Waals surface area contributed by atoms with Gasteiger partial charge in [0, 0.05) is 12.1 Å². The number of hydrogen-bond acceptors (Lipinski definition) is 3. The highest BCUT2D eigenvalue weighted by Crippen LogP contribution is 2.38. The largest absolute Gasteiger partial charge is 0.496 e. The number of hydrogen-bond donors (Lipinski definition) is 1. The van der Waals surface area contributed by atoms with Crippen LogP contribution in [0.15, 0.2) is 18.2 Å². The number of nitrogens with zero attached hydrogens (tertiary/aromatic N) is 1. The van der Waals surface area contributed by atoms with Gasteiger partial charge < -0.3 is 10.1 Å². The molecule has 1 aliphatic carbocycles. The molecule has 1 saturated heterocycles. The molecule has 3 nitrogen and oxygen atoms in total. The maximum Gasteiger partial charge on any atom is 0.122 e. The van der Waals surface area contributed by atoms with E-state index < -0.39 is 0 Å². The number of fused-ring (bicyclic) bond motifs is 1. The Labute approximate surface area is 115 Å². The summed E-state index contributed by atoms with van der Waals surface area (Å²) in [6, 6.07) is 7.56. The summed E-state index contributed by atoms with van der Waals surface area (Å²) in [5, 5.41) is 3.54. The van der Waals surface area contributed by atoms with E-state index in [1.54, 1.807) is 7.11 Å². The Balaban J connectivity index is 1.93. The van der Waals surface area contributed by atoms with Crippen molar-refractivity contribution in [1.29, 1.82) is 0 Å². The highest BCUT2D eigenvalue weighted by atomic mass is 16.5. The predicted octanol–water partition coefficient (Wildman–Crippen LogP) is 2.37. The molecule has 0 spiro atoms. The van der Waals surface area contributed by atoms with Crippen LogP contribution in [0.2, 0.25) is 0 Å². The predicted molar refractivity (Wildman–Crippen MR) is 77.7 cm³/mol. The maximum atomic E-state index is 5.52. The Morgan fingerprint density at radius 1 is 1.26 bits per heavy atom.